The number of ether oxygens (including phenoxy) is 2. The monoisotopic (exact) mass is 873 g/mol. The Kier molecular flexibility index (Phi) is 9.97. The number of carbonyl (C=O) groups excluding carboxylic acids is 1. The molecule has 232 valence electrons. The van der Waals surface area contributed by atoms with E-state index in [-0.39, 0.29) is 11.5 Å². The third-order valence-corrected chi connectivity index (χ3v) is 9.99. The molecule has 0 spiro atoms. The Morgan fingerprint density at radius 1 is 1.04 bits per heavy atom. The summed E-state index contributed by atoms with van der Waals surface area (Å²) in [5.41, 5.74) is 3.78. The van der Waals surface area contributed by atoms with Crippen molar-refractivity contribution >= 4 is 85.8 Å². The second-order valence-corrected chi connectivity index (χ2v) is 14.3. The molecule has 0 radical (unpaired) electrons. The number of hydrogen-bond acceptors (Lipinski definition) is 6. The van der Waals surface area contributed by atoms with Gasteiger partial charge >= 0.3 is 0 Å². The van der Waals surface area contributed by atoms with Gasteiger partial charge in [-0.15, -0.1) is 0 Å². The van der Waals surface area contributed by atoms with Gasteiger partial charge in [-0.25, -0.2) is 4.99 Å². The molecule has 2 heterocycles. The highest BCUT2D eigenvalue weighted by atomic mass is 127. The number of halogens is 3. The number of aromatic nitrogens is 1. The van der Waals surface area contributed by atoms with Gasteiger partial charge in [0.25, 0.3) is 11.5 Å². The van der Waals surface area contributed by atoms with E-state index in [0.29, 0.717) is 49.4 Å². The van der Waals surface area contributed by atoms with Crippen molar-refractivity contribution < 1.29 is 14.3 Å². The number of anilines is 1. The van der Waals surface area contributed by atoms with E-state index in [4.69, 9.17) is 26.1 Å². The number of amides is 1. The molecule has 1 aromatic heterocycles. The van der Waals surface area contributed by atoms with Crippen LogP contribution >= 0.6 is 68.1 Å². The summed E-state index contributed by atoms with van der Waals surface area (Å²) >= 11 is 11.9. The molecule has 4 aromatic carbocycles. The van der Waals surface area contributed by atoms with Gasteiger partial charge in [-0.2, -0.15) is 0 Å². The van der Waals surface area contributed by atoms with E-state index in [0.717, 1.165) is 23.8 Å². The average Bonchev–Trinajstić information content (AvgIpc) is 3.34. The third kappa shape index (κ3) is 6.94. The lowest BCUT2D eigenvalue weighted by Gasteiger charge is -2.25. The molecular formula is C35H26ClI2N3O4S. The van der Waals surface area contributed by atoms with Crippen molar-refractivity contribution in [2.45, 2.75) is 19.6 Å². The average molecular weight is 874 g/mol. The Morgan fingerprint density at radius 3 is 2.54 bits per heavy atom. The van der Waals surface area contributed by atoms with Crippen LogP contribution < -0.4 is 29.7 Å². The number of methoxy groups -OCH3 is 1. The van der Waals surface area contributed by atoms with Crippen LogP contribution in [0.15, 0.2) is 112 Å². The predicted octanol–water partition coefficient (Wildman–Crippen LogP) is 7.32. The lowest BCUT2D eigenvalue weighted by atomic mass is 9.95. The molecule has 46 heavy (non-hydrogen) atoms. The van der Waals surface area contributed by atoms with Gasteiger partial charge in [0, 0.05) is 19.8 Å². The molecule has 0 aliphatic carbocycles. The van der Waals surface area contributed by atoms with Crippen LogP contribution in [0.25, 0.3) is 6.08 Å². The van der Waals surface area contributed by atoms with E-state index in [1.165, 1.54) is 11.3 Å². The zero-order valence-electron chi connectivity index (χ0n) is 24.6. The number of rotatable bonds is 8. The van der Waals surface area contributed by atoms with Crippen LogP contribution in [0.2, 0.25) is 5.02 Å². The number of hydrogen-bond donors (Lipinski definition) is 1. The fourth-order valence-corrected chi connectivity index (χ4v) is 8.38. The van der Waals surface area contributed by atoms with Crippen molar-refractivity contribution in [3.8, 4) is 11.5 Å². The largest absolute Gasteiger partial charge is 0.497 e. The number of benzene rings is 4. The van der Waals surface area contributed by atoms with Crippen molar-refractivity contribution in [1.82, 2.24) is 4.57 Å². The van der Waals surface area contributed by atoms with E-state index < -0.39 is 6.04 Å². The zero-order chi connectivity index (χ0) is 32.4. The maximum atomic E-state index is 14.3. The van der Waals surface area contributed by atoms with Crippen LogP contribution in [0.1, 0.15) is 29.7 Å². The maximum Gasteiger partial charge on any atom is 0.271 e. The van der Waals surface area contributed by atoms with Crippen molar-refractivity contribution in [1.29, 1.82) is 0 Å². The van der Waals surface area contributed by atoms with E-state index in [9.17, 15) is 9.59 Å². The normalized spacial score (nSPS) is 14.5. The maximum absolute atomic E-state index is 14.3. The first-order valence-corrected chi connectivity index (χ1v) is 17.5. The number of nitrogens with zero attached hydrogens (tertiary/aromatic N) is 2. The summed E-state index contributed by atoms with van der Waals surface area (Å²) in [6.07, 6.45) is 1.84. The quantitative estimate of drug-likeness (QED) is 0.166. The predicted molar refractivity (Wildman–Crippen MR) is 199 cm³/mol. The van der Waals surface area contributed by atoms with E-state index in [1.54, 1.807) is 18.6 Å². The first-order valence-electron chi connectivity index (χ1n) is 14.1. The van der Waals surface area contributed by atoms with E-state index in [1.807, 2.05) is 97.1 Å². The molecule has 11 heteroatoms. The summed E-state index contributed by atoms with van der Waals surface area (Å²) < 4.78 is 15.8. The van der Waals surface area contributed by atoms with Crippen LogP contribution in [0.5, 0.6) is 11.5 Å². The smallest absolute Gasteiger partial charge is 0.271 e. The SMILES string of the molecule is COc1cccc([C@@H]2C(C(=O)Nc3ccccc3)=C(C)N=c3s/c(=C\c4cc(I)cc(I)c4OCc4ccc(Cl)cc4)c(=O)n32)c1. The number of nitrogens with one attached hydrogen (secondary N) is 1. The summed E-state index contributed by atoms with van der Waals surface area (Å²) in [7, 11) is 1.59. The molecule has 1 aliphatic heterocycles. The summed E-state index contributed by atoms with van der Waals surface area (Å²) in [4.78, 5) is 33.5. The molecule has 5 aromatic rings. The Hall–Kier alpha value is -3.46. The minimum atomic E-state index is -0.728. The highest BCUT2D eigenvalue weighted by molar-refractivity contribution is 14.1. The molecule has 1 aliphatic rings. The van der Waals surface area contributed by atoms with Gasteiger partial charge in [0.05, 0.1) is 32.5 Å². The summed E-state index contributed by atoms with van der Waals surface area (Å²) in [5.74, 6) is 0.956. The lowest BCUT2D eigenvalue weighted by Crippen LogP contribution is -2.40. The van der Waals surface area contributed by atoms with Gasteiger partial charge in [0.15, 0.2) is 4.80 Å². The number of thiazole rings is 1. The van der Waals surface area contributed by atoms with Crippen LogP contribution in [0.4, 0.5) is 5.69 Å². The Balaban J connectivity index is 1.47. The molecule has 0 saturated carbocycles. The second kappa shape index (κ2) is 14.1. The van der Waals surface area contributed by atoms with Crippen molar-refractivity contribution in [3.63, 3.8) is 0 Å². The number of allylic oxidation sites excluding steroid dienone is 1. The van der Waals surface area contributed by atoms with Gasteiger partial charge in [0.1, 0.15) is 18.1 Å². The topological polar surface area (TPSA) is 81.9 Å². The molecule has 1 amide bonds. The first-order chi connectivity index (χ1) is 22.2. The second-order valence-electron chi connectivity index (χ2n) is 10.4. The molecule has 7 nitrogen and oxygen atoms in total. The van der Waals surface area contributed by atoms with Crippen molar-refractivity contribution in [2.24, 2.45) is 4.99 Å². The molecular weight excluding hydrogens is 848 g/mol. The highest BCUT2D eigenvalue weighted by Crippen LogP contribution is 2.33. The van der Waals surface area contributed by atoms with E-state index >= 15 is 0 Å². The highest BCUT2D eigenvalue weighted by Gasteiger charge is 2.33. The van der Waals surface area contributed by atoms with Crippen LogP contribution in [0, 0.1) is 7.14 Å². The first kappa shape index (κ1) is 32.5. The van der Waals surface area contributed by atoms with Gasteiger partial charge in [-0.1, -0.05) is 65.4 Å². The third-order valence-electron chi connectivity index (χ3n) is 7.33. The molecule has 0 fully saturated rings. The minimum absolute atomic E-state index is 0.258. The molecule has 1 N–H and O–H groups in total. The zero-order valence-corrected chi connectivity index (χ0v) is 30.5. The van der Waals surface area contributed by atoms with Gasteiger partial charge in [0.2, 0.25) is 0 Å². The van der Waals surface area contributed by atoms with Gasteiger partial charge in [-0.05, 0) is 118 Å². The Morgan fingerprint density at radius 2 is 1.80 bits per heavy atom. The molecule has 0 unspecified atom stereocenters. The Bertz CT molecular complexity index is 2160. The van der Waals surface area contributed by atoms with Gasteiger partial charge < -0.3 is 14.8 Å². The molecule has 0 saturated heterocycles. The van der Waals surface area contributed by atoms with Gasteiger partial charge in [-0.3, -0.25) is 14.2 Å². The Labute approximate surface area is 301 Å². The van der Waals surface area contributed by atoms with Crippen molar-refractivity contribution in [2.75, 3.05) is 12.4 Å². The fraction of sp³-hybridized carbons (Fsp3) is 0.114. The van der Waals surface area contributed by atoms with Crippen LogP contribution in [-0.2, 0) is 11.4 Å². The molecule has 0 bridgehead atoms. The summed E-state index contributed by atoms with van der Waals surface area (Å²) in [6.45, 7) is 2.14. The number of para-hydroxylation sites is 1. The van der Waals surface area contributed by atoms with E-state index in [2.05, 4.69) is 50.5 Å². The minimum Gasteiger partial charge on any atom is -0.497 e. The lowest BCUT2D eigenvalue weighted by molar-refractivity contribution is -0.113. The van der Waals surface area contributed by atoms with Crippen molar-refractivity contribution in [3.05, 3.63) is 151 Å². The van der Waals surface area contributed by atoms with Crippen LogP contribution in [-0.4, -0.2) is 17.6 Å². The van der Waals surface area contributed by atoms with Crippen LogP contribution in [0.3, 0.4) is 0 Å². The molecule has 6 rings (SSSR count). The standard InChI is InChI=1S/C35H26ClI2N3O4S/c1-20-30(33(42)40-26-8-4-3-5-9-26)31(22-7-6-10-27(16-22)44-2)41-34(43)29(46-35(41)39-20)17-23-15-25(37)18-28(38)32(23)45-19-21-11-13-24(36)14-12-21/h3-18,31H,19H2,1-2H3,(H,40,42)/b29-17-/t31-/m1/s1. The number of fused-ring (bicyclic) bond motifs is 1. The summed E-state index contributed by atoms with van der Waals surface area (Å²) in [6, 6.07) is 27.4. The fourth-order valence-electron chi connectivity index (χ4n) is 5.18. The number of carbonyl (C=O) groups is 1. The molecule has 1 atom stereocenters. The summed E-state index contributed by atoms with van der Waals surface area (Å²) in [5, 5.41) is 3.64.